The molecule has 1 aromatic carbocycles. The fraction of sp³-hybridized carbons (Fsp3) is 0.200. The lowest BCUT2D eigenvalue weighted by Crippen LogP contribution is -2.45. The number of hydrogen-bond acceptors (Lipinski definition) is 5. The van der Waals surface area contributed by atoms with Crippen LogP contribution >= 0.6 is 0 Å². The topological polar surface area (TPSA) is 133 Å². The molecule has 0 amide bonds. The van der Waals surface area contributed by atoms with Crippen LogP contribution in [0.1, 0.15) is 0 Å². The summed E-state index contributed by atoms with van der Waals surface area (Å²) in [4.78, 5) is 21.4. The number of anilines is 2. The number of nitrogens with one attached hydrogen (secondary N) is 1. The second kappa shape index (κ2) is 5.17. The van der Waals surface area contributed by atoms with Gasteiger partial charge in [0, 0.05) is 0 Å². The number of carbonyl (C=O) groups is 2. The highest BCUT2D eigenvalue weighted by molar-refractivity contribution is 5.87. The van der Waals surface area contributed by atoms with Gasteiger partial charge in [-0.05, 0) is 12.1 Å². The molecule has 0 bridgehead atoms. The molecule has 17 heavy (non-hydrogen) atoms. The lowest BCUT2D eigenvalue weighted by molar-refractivity contribution is -0.154. The smallest absolute Gasteiger partial charge is 0.335 e. The Hall–Kier alpha value is -2.28. The van der Waals surface area contributed by atoms with Crippen LogP contribution in [0, 0.1) is 0 Å². The third-order valence-electron chi connectivity index (χ3n) is 2.11. The largest absolute Gasteiger partial charge is 0.480 e. The monoisotopic (exact) mass is 240 g/mol. The van der Waals surface area contributed by atoms with Crippen molar-refractivity contribution in [1.29, 1.82) is 0 Å². The van der Waals surface area contributed by atoms with Crippen molar-refractivity contribution in [3.63, 3.8) is 0 Å². The molecule has 0 fully saturated rings. The van der Waals surface area contributed by atoms with Gasteiger partial charge >= 0.3 is 11.9 Å². The normalized spacial score (nSPS) is 13.7. The van der Waals surface area contributed by atoms with Crippen molar-refractivity contribution in [2.75, 3.05) is 11.1 Å². The number of benzene rings is 1. The highest BCUT2D eigenvalue weighted by atomic mass is 16.4. The molecule has 0 aliphatic carbocycles. The average Bonchev–Trinajstić information content (AvgIpc) is 2.26. The molecule has 0 aromatic heterocycles. The average molecular weight is 240 g/mol. The van der Waals surface area contributed by atoms with E-state index in [2.05, 4.69) is 5.32 Å². The number of aliphatic hydroxyl groups is 1. The van der Waals surface area contributed by atoms with E-state index in [0.717, 1.165) is 0 Å². The minimum atomic E-state index is -2.06. The lowest BCUT2D eigenvalue weighted by atomic mass is 10.1. The van der Waals surface area contributed by atoms with Gasteiger partial charge in [0.1, 0.15) is 0 Å². The van der Waals surface area contributed by atoms with Gasteiger partial charge in [-0.25, -0.2) is 9.59 Å². The number of carboxylic acid groups (broad SMARTS) is 2. The van der Waals surface area contributed by atoms with Gasteiger partial charge in [0.2, 0.25) is 0 Å². The molecule has 6 N–H and O–H groups in total. The van der Waals surface area contributed by atoms with Crippen LogP contribution in [-0.2, 0) is 9.59 Å². The zero-order valence-corrected chi connectivity index (χ0v) is 8.70. The van der Waals surface area contributed by atoms with Crippen molar-refractivity contribution in [1.82, 2.24) is 0 Å². The number of hydrogen-bond donors (Lipinski definition) is 5. The molecule has 1 rings (SSSR count). The zero-order valence-electron chi connectivity index (χ0n) is 8.70. The maximum absolute atomic E-state index is 10.8. The predicted molar refractivity (Wildman–Crippen MR) is 59.5 cm³/mol. The fourth-order valence-corrected chi connectivity index (χ4v) is 1.21. The second-order valence-corrected chi connectivity index (χ2v) is 3.33. The van der Waals surface area contributed by atoms with Crippen LogP contribution in [0.25, 0.3) is 0 Å². The van der Waals surface area contributed by atoms with Gasteiger partial charge in [0.05, 0.1) is 11.4 Å². The van der Waals surface area contributed by atoms with Crippen LogP contribution in [0.2, 0.25) is 0 Å². The molecule has 7 heteroatoms. The summed E-state index contributed by atoms with van der Waals surface area (Å²) in [6.45, 7) is 0. The van der Waals surface area contributed by atoms with E-state index in [9.17, 15) is 14.7 Å². The van der Waals surface area contributed by atoms with Crippen LogP contribution < -0.4 is 11.1 Å². The van der Waals surface area contributed by atoms with E-state index in [4.69, 9.17) is 15.9 Å². The van der Waals surface area contributed by atoms with E-state index < -0.39 is 24.1 Å². The van der Waals surface area contributed by atoms with Gasteiger partial charge in [0.15, 0.2) is 12.1 Å². The predicted octanol–water partition coefficient (Wildman–Crippen LogP) is -0.421. The molecule has 0 aliphatic rings. The summed E-state index contributed by atoms with van der Waals surface area (Å²) in [6, 6.07) is 4.58. The van der Waals surface area contributed by atoms with Crippen molar-refractivity contribution in [3.05, 3.63) is 24.3 Å². The van der Waals surface area contributed by atoms with Crippen molar-refractivity contribution in [2.24, 2.45) is 0 Å². The van der Waals surface area contributed by atoms with E-state index in [-0.39, 0.29) is 11.4 Å². The first-order chi connectivity index (χ1) is 7.93. The molecular weight excluding hydrogens is 228 g/mol. The van der Waals surface area contributed by atoms with E-state index >= 15 is 0 Å². The van der Waals surface area contributed by atoms with Gasteiger partial charge in [-0.1, -0.05) is 12.1 Å². The molecule has 0 heterocycles. The third kappa shape index (κ3) is 3.08. The van der Waals surface area contributed by atoms with Gasteiger partial charge in [-0.2, -0.15) is 0 Å². The maximum Gasteiger partial charge on any atom is 0.335 e. The molecule has 92 valence electrons. The fourth-order valence-electron chi connectivity index (χ4n) is 1.21. The number of rotatable bonds is 5. The first kappa shape index (κ1) is 12.8. The van der Waals surface area contributed by atoms with Crippen molar-refractivity contribution in [2.45, 2.75) is 12.1 Å². The molecule has 0 saturated heterocycles. The number of aliphatic carboxylic acids is 2. The molecular formula is C10H12N2O5. The molecule has 7 nitrogen and oxygen atoms in total. The minimum Gasteiger partial charge on any atom is -0.480 e. The Labute approximate surface area is 96.5 Å². The molecule has 2 atom stereocenters. The zero-order chi connectivity index (χ0) is 13.0. The van der Waals surface area contributed by atoms with Crippen LogP contribution in [0.3, 0.4) is 0 Å². The Kier molecular flexibility index (Phi) is 3.89. The summed E-state index contributed by atoms with van der Waals surface area (Å²) in [5.41, 5.74) is 6.07. The Balaban J connectivity index is 2.92. The Bertz CT molecular complexity index is 434. The third-order valence-corrected chi connectivity index (χ3v) is 2.11. The number of nitrogens with two attached hydrogens (primary N) is 1. The standard InChI is InChI=1S/C10H12N2O5/c11-5-3-1-2-4-6(5)12-7(9(14)15)8(13)10(16)17/h1-4,7-8,12-13H,11H2,(H,14,15)(H,16,17)/t7-,8+/m0/s1. The quantitative estimate of drug-likeness (QED) is 0.441. The van der Waals surface area contributed by atoms with Crippen molar-refractivity contribution < 1.29 is 24.9 Å². The molecule has 1 aromatic rings. The molecule has 0 unspecified atom stereocenters. The van der Waals surface area contributed by atoms with E-state index in [0.29, 0.717) is 0 Å². The second-order valence-electron chi connectivity index (χ2n) is 3.33. The lowest BCUT2D eigenvalue weighted by Gasteiger charge is -2.19. The van der Waals surface area contributed by atoms with E-state index in [1.807, 2.05) is 0 Å². The van der Waals surface area contributed by atoms with Crippen LogP contribution in [-0.4, -0.2) is 39.4 Å². The number of aliphatic hydroxyl groups excluding tert-OH is 1. The molecule has 0 saturated carbocycles. The van der Waals surface area contributed by atoms with Crippen LogP contribution in [0.4, 0.5) is 11.4 Å². The minimum absolute atomic E-state index is 0.250. The summed E-state index contributed by atoms with van der Waals surface area (Å²) >= 11 is 0. The summed E-state index contributed by atoms with van der Waals surface area (Å²) in [5, 5.41) is 29.0. The number of para-hydroxylation sites is 2. The maximum atomic E-state index is 10.8. The van der Waals surface area contributed by atoms with E-state index in [1.54, 1.807) is 12.1 Å². The number of carboxylic acids is 2. The highest BCUT2D eigenvalue weighted by Crippen LogP contribution is 2.18. The summed E-state index contributed by atoms with van der Waals surface area (Å²) in [6.07, 6.45) is -2.06. The van der Waals surface area contributed by atoms with Gasteiger partial charge in [0.25, 0.3) is 0 Å². The van der Waals surface area contributed by atoms with Gasteiger partial charge < -0.3 is 26.4 Å². The first-order valence-electron chi connectivity index (χ1n) is 4.68. The summed E-state index contributed by atoms with van der Waals surface area (Å²) in [7, 11) is 0. The van der Waals surface area contributed by atoms with Gasteiger partial charge in [-0.3, -0.25) is 0 Å². The Morgan fingerprint density at radius 1 is 1.18 bits per heavy atom. The van der Waals surface area contributed by atoms with E-state index in [1.165, 1.54) is 12.1 Å². The number of nitrogen functional groups attached to an aromatic ring is 1. The summed E-state index contributed by atoms with van der Waals surface area (Å²) < 4.78 is 0. The van der Waals surface area contributed by atoms with Crippen molar-refractivity contribution in [3.8, 4) is 0 Å². The summed E-state index contributed by atoms with van der Waals surface area (Å²) in [5.74, 6) is -3.11. The SMILES string of the molecule is Nc1ccccc1N[C@H](C(=O)O)[C@@H](O)C(=O)O. The van der Waals surface area contributed by atoms with Crippen molar-refractivity contribution >= 4 is 23.3 Å². The highest BCUT2D eigenvalue weighted by Gasteiger charge is 2.32. The first-order valence-corrected chi connectivity index (χ1v) is 4.68. The molecule has 0 spiro atoms. The Morgan fingerprint density at radius 2 is 1.76 bits per heavy atom. The van der Waals surface area contributed by atoms with Gasteiger partial charge in [-0.15, -0.1) is 0 Å². The molecule has 0 aliphatic heterocycles. The van der Waals surface area contributed by atoms with Crippen LogP contribution in [0.5, 0.6) is 0 Å². The molecule has 0 radical (unpaired) electrons. The van der Waals surface area contributed by atoms with Crippen LogP contribution in [0.15, 0.2) is 24.3 Å². The Morgan fingerprint density at radius 3 is 2.24 bits per heavy atom.